The van der Waals surface area contributed by atoms with Gasteiger partial charge in [-0.15, -0.1) is 0 Å². The molecule has 3 N–H and O–H groups in total. The number of fused-ring (bicyclic) bond motifs is 1. The van der Waals surface area contributed by atoms with Gasteiger partial charge in [-0.3, -0.25) is 10.3 Å². The maximum absolute atomic E-state index is 14.6. The lowest BCUT2D eigenvalue weighted by atomic mass is 9.92. The SMILES string of the molecule is CC(C)(C)c1cc(NC(=O)Nc2cc(Oc3cccnc3)c(F)cc2F)n(-c2ccc3c(c2)CCNC3)n1. The Morgan fingerprint density at radius 3 is 2.66 bits per heavy atom. The Hall–Kier alpha value is -4.31. The summed E-state index contributed by atoms with van der Waals surface area (Å²) in [6.45, 7) is 7.79. The number of ether oxygens (including phenoxy) is 1. The van der Waals surface area contributed by atoms with E-state index >= 15 is 0 Å². The fraction of sp³-hybridized carbons (Fsp3) is 0.250. The van der Waals surface area contributed by atoms with Crippen LogP contribution in [0, 0.1) is 11.6 Å². The Morgan fingerprint density at radius 2 is 1.89 bits per heavy atom. The third-order valence-electron chi connectivity index (χ3n) is 6.17. The fourth-order valence-corrected chi connectivity index (χ4v) is 4.14. The van der Waals surface area contributed by atoms with Crippen LogP contribution in [0.4, 0.5) is 25.1 Å². The summed E-state index contributed by atoms with van der Waals surface area (Å²) in [7, 11) is 0. The van der Waals surface area contributed by atoms with Gasteiger partial charge in [0.2, 0.25) is 0 Å². The molecule has 0 fully saturated rings. The van der Waals surface area contributed by atoms with Gasteiger partial charge in [0.25, 0.3) is 0 Å². The first kappa shape index (κ1) is 25.3. The van der Waals surface area contributed by atoms with Crippen LogP contribution < -0.4 is 20.7 Å². The quantitative estimate of drug-likeness (QED) is 0.305. The third kappa shape index (κ3) is 5.50. The summed E-state index contributed by atoms with van der Waals surface area (Å²) in [6, 6.07) is 12.1. The maximum atomic E-state index is 14.6. The van der Waals surface area contributed by atoms with E-state index in [2.05, 4.69) is 33.1 Å². The van der Waals surface area contributed by atoms with Crippen LogP contribution in [0.2, 0.25) is 0 Å². The number of carbonyl (C=O) groups excluding carboxylic acids is 1. The third-order valence-corrected chi connectivity index (χ3v) is 6.17. The van der Waals surface area contributed by atoms with Crippen LogP contribution in [0.15, 0.2) is 60.9 Å². The summed E-state index contributed by atoms with van der Waals surface area (Å²) in [5.41, 5.74) is 3.50. The van der Waals surface area contributed by atoms with E-state index in [-0.39, 0.29) is 22.6 Å². The number of rotatable bonds is 5. The zero-order chi connectivity index (χ0) is 26.9. The Morgan fingerprint density at radius 1 is 1.05 bits per heavy atom. The number of nitrogens with one attached hydrogen (secondary N) is 3. The zero-order valence-corrected chi connectivity index (χ0v) is 21.3. The minimum absolute atomic E-state index is 0.244. The topological polar surface area (TPSA) is 93.1 Å². The van der Waals surface area contributed by atoms with Crippen molar-refractivity contribution in [3.63, 3.8) is 0 Å². The molecular formula is C28H28F2N6O2. The molecule has 3 heterocycles. The predicted octanol–water partition coefficient (Wildman–Crippen LogP) is 5.93. The van der Waals surface area contributed by atoms with E-state index in [1.165, 1.54) is 17.3 Å². The molecule has 5 rings (SSSR count). The van der Waals surface area contributed by atoms with E-state index in [9.17, 15) is 13.6 Å². The van der Waals surface area contributed by atoms with Gasteiger partial charge in [0.15, 0.2) is 11.6 Å². The highest BCUT2D eigenvalue weighted by Gasteiger charge is 2.23. The lowest BCUT2D eigenvalue weighted by Crippen LogP contribution is -2.24. The van der Waals surface area contributed by atoms with Gasteiger partial charge in [0, 0.05) is 36.4 Å². The standard InChI is InChI=1S/C28H28F2N6O2/c1-28(2,3)25-14-26(36(35-25)19-7-6-18-15-32-10-8-17(18)11-19)34-27(37)33-23-13-24(22(30)12-21(23)29)38-20-5-4-9-31-16-20/h4-7,9,11-14,16,32H,8,10,15H2,1-3H3,(H2,33,34,37). The Labute approximate surface area is 219 Å². The molecule has 2 aromatic heterocycles. The van der Waals surface area contributed by atoms with Gasteiger partial charge in [-0.1, -0.05) is 26.8 Å². The molecule has 1 aliphatic rings. The second-order valence-corrected chi connectivity index (χ2v) is 10.1. The van der Waals surface area contributed by atoms with Crippen molar-refractivity contribution in [3.8, 4) is 17.2 Å². The van der Waals surface area contributed by atoms with Crippen molar-refractivity contribution in [2.45, 2.75) is 39.2 Å². The number of urea groups is 1. The van der Waals surface area contributed by atoms with Crippen LogP contribution in [-0.2, 0) is 18.4 Å². The molecule has 2 aromatic carbocycles. The molecule has 0 saturated carbocycles. The molecule has 196 valence electrons. The van der Waals surface area contributed by atoms with Crippen LogP contribution in [0.1, 0.15) is 37.6 Å². The summed E-state index contributed by atoms with van der Waals surface area (Å²) in [5, 5.41) is 13.3. The number of aromatic nitrogens is 3. The molecule has 0 bridgehead atoms. The first-order valence-electron chi connectivity index (χ1n) is 12.3. The minimum atomic E-state index is -0.941. The molecular weight excluding hydrogens is 490 g/mol. The first-order valence-corrected chi connectivity index (χ1v) is 12.3. The largest absolute Gasteiger partial charge is 0.453 e. The van der Waals surface area contributed by atoms with Gasteiger partial charge < -0.3 is 15.4 Å². The van der Waals surface area contributed by atoms with Crippen LogP contribution in [0.25, 0.3) is 5.69 Å². The fourth-order valence-electron chi connectivity index (χ4n) is 4.14. The maximum Gasteiger partial charge on any atom is 0.324 e. The number of benzene rings is 2. The number of halogens is 2. The molecule has 38 heavy (non-hydrogen) atoms. The lowest BCUT2D eigenvalue weighted by molar-refractivity contribution is 0.262. The van der Waals surface area contributed by atoms with Crippen molar-refractivity contribution in [2.24, 2.45) is 0 Å². The van der Waals surface area contributed by atoms with Gasteiger partial charge in [-0.2, -0.15) is 5.10 Å². The molecule has 1 aliphatic heterocycles. The molecule has 0 unspecified atom stereocenters. The lowest BCUT2D eigenvalue weighted by Gasteiger charge is -2.18. The van der Waals surface area contributed by atoms with E-state index in [4.69, 9.17) is 9.84 Å². The smallest absolute Gasteiger partial charge is 0.324 e. The normalized spacial score (nSPS) is 13.1. The molecule has 10 heteroatoms. The number of anilines is 2. The average molecular weight is 519 g/mol. The number of hydrogen-bond donors (Lipinski definition) is 3. The van der Waals surface area contributed by atoms with Crippen molar-refractivity contribution in [3.05, 3.63) is 89.4 Å². The summed E-state index contributed by atoms with van der Waals surface area (Å²) in [5.74, 6) is -1.42. The highest BCUT2D eigenvalue weighted by molar-refractivity contribution is 5.99. The van der Waals surface area contributed by atoms with E-state index in [1.54, 1.807) is 29.1 Å². The van der Waals surface area contributed by atoms with Crippen molar-refractivity contribution >= 4 is 17.5 Å². The number of hydrogen-bond acceptors (Lipinski definition) is 5. The molecule has 8 nitrogen and oxygen atoms in total. The van der Waals surface area contributed by atoms with Gasteiger partial charge in [-0.05, 0) is 48.4 Å². The van der Waals surface area contributed by atoms with Crippen molar-refractivity contribution in [2.75, 3.05) is 17.2 Å². The molecule has 0 spiro atoms. The van der Waals surface area contributed by atoms with Gasteiger partial charge in [-0.25, -0.2) is 18.3 Å². The second-order valence-electron chi connectivity index (χ2n) is 10.1. The molecule has 2 amide bonds. The molecule has 0 radical (unpaired) electrons. The summed E-state index contributed by atoms with van der Waals surface area (Å²) in [6.07, 6.45) is 3.84. The monoisotopic (exact) mass is 518 g/mol. The summed E-state index contributed by atoms with van der Waals surface area (Å²) < 4.78 is 36.0. The first-order chi connectivity index (χ1) is 18.2. The van der Waals surface area contributed by atoms with E-state index in [0.29, 0.717) is 11.9 Å². The Kier molecular flexibility index (Phi) is 6.81. The Bertz CT molecular complexity index is 1480. The van der Waals surface area contributed by atoms with Gasteiger partial charge in [0.1, 0.15) is 17.4 Å². The van der Waals surface area contributed by atoms with E-state index in [0.717, 1.165) is 37.0 Å². The number of amides is 2. The summed E-state index contributed by atoms with van der Waals surface area (Å²) >= 11 is 0. The van der Waals surface area contributed by atoms with Crippen molar-refractivity contribution < 1.29 is 18.3 Å². The van der Waals surface area contributed by atoms with Gasteiger partial charge in [0.05, 0.1) is 23.3 Å². The van der Waals surface area contributed by atoms with Crippen LogP contribution in [0.3, 0.4) is 0 Å². The molecule has 4 aromatic rings. The number of carbonyl (C=O) groups is 1. The number of nitrogens with zero attached hydrogens (tertiary/aromatic N) is 3. The van der Waals surface area contributed by atoms with Crippen molar-refractivity contribution in [1.29, 1.82) is 0 Å². The molecule has 0 aliphatic carbocycles. The van der Waals surface area contributed by atoms with Crippen LogP contribution in [-0.4, -0.2) is 27.3 Å². The molecule has 0 saturated heterocycles. The second kappa shape index (κ2) is 10.2. The van der Waals surface area contributed by atoms with Crippen LogP contribution >= 0.6 is 0 Å². The Balaban J connectivity index is 1.41. The predicted molar refractivity (Wildman–Crippen MR) is 141 cm³/mol. The number of pyridine rings is 1. The zero-order valence-electron chi connectivity index (χ0n) is 21.3. The van der Waals surface area contributed by atoms with E-state index < -0.39 is 17.7 Å². The van der Waals surface area contributed by atoms with E-state index in [1.807, 2.05) is 26.8 Å². The van der Waals surface area contributed by atoms with Crippen molar-refractivity contribution in [1.82, 2.24) is 20.1 Å². The average Bonchev–Trinajstić information content (AvgIpc) is 3.31. The molecule has 0 atom stereocenters. The highest BCUT2D eigenvalue weighted by Crippen LogP contribution is 2.31. The highest BCUT2D eigenvalue weighted by atomic mass is 19.1. The van der Waals surface area contributed by atoms with Crippen LogP contribution in [0.5, 0.6) is 11.5 Å². The minimum Gasteiger partial charge on any atom is -0.453 e. The van der Waals surface area contributed by atoms with Gasteiger partial charge >= 0.3 is 6.03 Å². The summed E-state index contributed by atoms with van der Waals surface area (Å²) in [4.78, 5) is 16.9.